The number of halogens is 1. The summed E-state index contributed by atoms with van der Waals surface area (Å²) in [5, 5.41) is 35.9. The van der Waals surface area contributed by atoms with Gasteiger partial charge in [0.25, 0.3) is 0 Å². The maximum atomic E-state index is 12.9. The standard InChI is InChI=1S/C21H24N2O4.C19H28NO3.BrH/c1-13(11-14-3-5-15(27-2)6-4-14)22-12-19(25)16-7-9-18(24)21-17(16)8-10-20(26)23-21;1-20(2)13-12-17(14-20)23-18(21)19(22,16-10-6-7-11-16)15-8-4-3-5-9-15;/h3-10,13,19,22,24-25H,11-12H2,1-2H3,(H,23,26);3-5,8-9,16-17,22H,6-7,10-14H2,1-2H3;1H/q;+1;/p-1/t13-,19+;17-,19+;/m11./s1. The van der Waals surface area contributed by atoms with E-state index in [1.165, 1.54) is 17.7 Å². The van der Waals surface area contributed by atoms with Crippen LogP contribution in [0.1, 0.15) is 61.8 Å². The number of nitrogens with zero attached hydrogens (tertiary/aromatic N) is 1. The lowest BCUT2D eigenvalue weighted by Crippen LogP contribution is -3.00. The van der Waals surface area contributed by atoms with Crippen LogP contribution in [-0.4, -0.2) is 83.7 Å². The molecule has 4 atom stereocenters. The molecule has 10 nitrogen and oxygen atoms in total. The number of carbonyl (C=O) groups excluding carboxylic acids is 1. The number of rotatable bonds is 11. The zero-order chi connectivity index (χ0) is 35.9. The van der Waals surface area contributed by atoms with E-state index in [2.05, 4.69) is 31.3 Å². The highest BCUT2D eigenvalue weighted by Gasteiger charge is 2.49. The van der Waals surface area contributed by atoms with Crippen molar-refractivity contribution in [3.05, 3.63) is 106 Å². The van der Waals surface area contributed by atoms with Crippen molar-refractivity contribution in [1.82, 2.24) is 10.3 Å². The van der Waals surface area contributed by atoms with Gasteiger partial charge in [0, 0.05) is 36.4 Å². The van der Waals surface area contributed by atoms with Gasteiger partial charge in [0.15, 0.2) is 11.7 Å². The van der Waals surface area contributed by atoms with Gasteiger partial charge in [0.1, 0.15) is 18.0 Å². The number of aliphatic hydroxyl groups excluding tert-OH is 1. The first-order valence-corrected chi connectivity index (χ1v) is 17.6. The molecule has 1 aliphatic heterocycles. The Morgan fingerprint density at radius 1 is 1.00 bits per heavy atom. The van der Waals surface area contributed by atoms with Crippen LogP contribution in [0.4, 0.5) is 0 Å². The lowest BCUT2D eigenvalue weighted by atomic mass is 9.80. The van der Waals surface area contributed by atoms with Gasteiger partial charge < -0.3 is 56.6 Å². The molecule has 2 fully saturated rings. The first kappa shape index (κ1) is 40.0. The molecule has 0 spiro atoms. The number of aromatic hydroxyl groups is 1. The molecule has 0 unspecified atom stereocenters. The number of phenolic OH excluding ortho intramolecular Hbond substituents is 1. The average molecular weight is 767 g/mol. The number of carbonyl (C=O) groups is 1. The van der Waals surface area contributed by atoms with Crippen molar-refractivity contribution in [3.8, 4) is 11.5 Å². The van der Waals surface area contributed by atoms with Crippen LogP contribution in [0.15, 0.2) is 83.7 Å². The molecule has 1 saturated carbocycles. The number of H-pyrrole nitrogens is 1. The van der Waals surface area contributed by atoms with Crippen molar-refractivity contribution < 1.29 is 51.1 Å². The Morgan fingerprint density at radius 2 is 1.69 bits per heavy atom. The van der Waals surface area contributed by atoms with Gasteiger partial charge in [-0.25, -0.2) is 4.79 Å². The second-order valence-electron chi connectivity index (χ2n) is 14.4. The zero-order valence-corrected chi connectivity index (χ0v) is 31.6. The third-order valence-electron chi connectivity index (χ3n) is 10.1. The van der Waals surface area contributed by atoms with Gasteiger partial charge in [-0.2, -0.15) is 0 Å². The largest absolute Gasteiger partial charge is 1.00 e. The van der Waals surface area contributed by atoms with Crippen molar-refractivity contribution in [2.45, 2.75) is 69.3 Å². The minimum absolute atomic E-state index is 0. The number of hydrogen-bond donors (Lipinski definition) is 5. The highest BCUT2D eigenvalue weighted by Crippen LogP contribution is 2.42. The van der Waals surface area contributed by atoms with E-state index in [-0.39, 0.29) is 46.4 Å². The second-order valence-corrected chi connectivity index (χ2v) is 14.4. The number of aliphatic hydroxyl groups is 2. The summed E-state index contributed by atoms with van der Waals surface area (Å²) in [7, 11) is 5.94. The number of esters is 1. The Morgan fingerprint density at radius 3 is 2.31 bits per heavy atom. The van der Waals surface area contributed by atoms with Crippen LogP contribution in [0.25, 0.3) is 10.9 Å². The lowest BCUT2D eigenvalue weighted by Gasteiger charge is -2.33. The summed E-state index contributed by atoms with van der Waals surface area (Å²) < 4.78 is 11.8. The molecule has 6 rings (SSSR count). The van der Waals surface area contributed by atoms with Gasteiger partial charge in [-0.15, -0.1) is 0 Å². The molecule has 51 heavy (non-hydrogen) atoms. The van der Waals surface area contributed by atoms with E-state index in [0.717, 1.165) is 61.8 Å². The molecule has 0 amide bonds. The number of benzene rings is 3. The predicted molar refractivity (Wildman–Crippen MR) is 194 cm³/mol. The Bertz CT molecular complexity index is 1780. The zero-order valence-electron chi connectivity index (χ0n) is 30.0. The van der Waals surface area contributed by atoms with Crippen molar-refractivity contribution in [2.24, 2.45) is 5.92 Å². The van der Waals surface area contributed by atoms with E-state index in [1.54, 1.807) is 19.2 Å². The molecule has 1 aromatic heterocycles. The number of hydrogen-bond acceptors (Lipinski definition) is 8. The van der Waals surface area contributed by atoms with Crippen molar-refractivity contribution in [3.63, 3.8) is 0 Å². The van der Waals surface area contributed by atoms with Crippen molar-refractivity contribution in [2.75, 3.05) is 40.8 Å². The molecule has 1 aliphatic carbocycles. The highest BCUT2D eigenvalue weighted by molar-refractivity contribution is 5.87. The van der Waals surface area contributed by atoms with Gasteiger partial charge in [-0.3, -0.25) is 4.79 Å². The van der Waals surface area contributed by atoms with E-state index in [1.807, 2.05) is 54.6 Å². The van der Waals surface area contributed by atoms with Gasteiger partial charge in [-0.1, -0.05) is 61.4 Å². The minimum atomic E-state index is -1.50. The van der Waals surface area contributed by atoms with E-state index < -0.39 is 17.7 Å². The summed E-state index contributed by atoms with van der Waals surface area (Å²) in [5.74, 6) is 0.315. The molecule has 276 valence electrons. The van der Waals surface area contributed by atoms with Crippen LogP contribution in [0.2, 0.25) is 0 Å². The summed E-state index contributed by atoms with van der Waals surface area (Å²) in [6.45, 7) is 4.24. The van der Waals surface area contributed by atoms with Gasteiger partial charge in [0.2, 0.25) is 5.56 Å². The van der Waals surface area contributed by atoms with Crippen LogP contribution in [-0.2, 0) is 21.6 Å². The Hall–Kier alpha value is -3.74. The monoisotopic (exact) mass is 765 g/mol. The molecule has 2 heterocycles. The van der Waals surface area contributed by atoms with E-state index in [4.69, 9.17) is 9.47 Å². The average Bonchev–Trinajstić information content (AvgIpc) is 3.78. The topological polar surface area (TPSA) is 141 Å². The fraction of sp³-hybridized carbons (Fsp3) is 0.450. The highest BCUT2D eigenvalue weighted by atomic mass is 79.9. The van der Waals surface area contributed by atoms with Crippen LogP contribution >= 0.6 is 0 Å². The summed E-state index contributed by atoms with van der Waals surface area (Å²) in [5.41, 5.74) is 1.04. The molecular weight excluding hydrogens is 714 g/mol. The number of likely N-dealkylation sites (tertiary alicyclic amines) is 1. The number of ether oxygens (including phenoxy) is 2. The summed E-state index contributed by atoms with van der Waals surface area (Å²) >= 11 is 0. The summed E-state index contributed by atoms with van der Waals surface area (Å²) in [6, 6.07) is 23.6. The normalized spacial score (nSPS) is 19.2. The number of phenols is 1. The van der Waals surface area contributed by atoms with E-state index in [0.29, 0.717) is 28.6 Å². The molecule has 4 aromatic rings. The summed E-state index contributed by atoms with van der Waals surface area (Å²) in [4.78, 5) is 27.0. The van der Waals surface area contributed by atoms with Crippen molar-refractivity contribution >= 4 is 16.9 Å². The molecular formula is C40H52BrN3O7. The lowest BCUT2D eigenvalue weighted by molar-refractivity contribution is -0.879. The maximum Gasteiger partial charge on any atom is 0.343 e. The SMILES string of the molecule is COc1ccc(C[C@@H](C)NC[C@H](O)c2ccc(O)c3[nH]c(=O)ccc23)cc1.C[N+]1(C)CC[C@@H](OC(=O)[C@](O)(c2ccccc2)C2CCCC2)C1.[Br-]. The second kappa shape index (κ2) is 17.7. The fourth-order valence-corrected chi connectivity index (χ4v) is 7.28. The maximum absolute atomic E-state index is 12.9. The predicted octanol–water partition coefficient (Wildman–Crippen LogP) is 1.96. The number of aromatic amines is 1. The molecule has 1 saturated heterocycles. The number of methoxy groups -OCH3 is 1. The van der Waals surface area contributed by atoms with Crippen LogP contribution in [0.3, 0.4) is 0 Å². The number of fused-ring (bicyclic) bond motifs is 1. The Labute approximate surface area is 310 Å². The third kappa shape index (κ3) is 9.99. The number of nitrogens with one attached hydrogen (secondary N) is 2. The number of likely N-dealkylation sites (N-methyl/N-ethyl adjacent to an activating group) is 1. The van der Waals surface area contributed by atoms with Crippen LogP contribution in [0, 0.1) is 5.92 Å². The van der Waals surface area contributed by atoms with E-state index in [9.17, 15) is 24.9 Å². The molecule has 5 N–H and O–H groups in total. The first-order valence-electron chi connectivity index (χ1n) is 17.6. The molecule has 0 radical (unpaired) electrons. The Kier molecular flexibility index (Phi) is 13.9. The van der Waals surface area contributed by atoms with Gasteiger partial charge >= 0.3 is 5.97 Å². The smallest absolute Gasteiger partial charge is 0.343 e. The third-order valence-corrected chi connectivity index (χ3v) is 10.1. The minimum Gasteiger partial charge on any atom is -1.00 e. The van der Waals surface area contributed by atoms with Crippen LogP contribution in [0.5, 0.6) is 11.5 Å². The summed E-state index contributed by atoms with van der Waals surface area (Å²) in [6.07, 6.45) is 4.74. The van der Waals surface area contributed by atoms with Crippen molar-refractivity contribution in [1.29, 1.82) is 0 Å². The molecule has 0 bridgehead atoms. The van der Waals surface area contributed by atoms with Gasteiger partial charge in [0.05, 0.1) is 39.4 Å². The molecule has 11 heteroatoms. The number of pyridine rings is 1. The van der Waals surface area contributed by atoms with Crippen LogP contribution < -0.4 is 32.6 Å². The quantitative estimate of drug-likeness (QED) is 0.115. The Balaban J connectivity index is 0.000000227. The number of aromatic nitrogens is 1. The number of quaternary nitrogens is 1. The van der Waals surface area contributed by atoms with E-state index >= 15 is 0 Å². The first-order chi connectivity index (χ1) is 23.9. The molecule has 3 aromatic carbocycles. The molecule has 2 aliphatic rings. The van der Waals surface area contributed by atoms with Gasteiger partial charge in [-0.05, 0) is 67.1 Å². The fourth-order valence-electron chi connectivity index (χ4n) is 7.28.